The van der Waals surface area contributed by atoms with Crippen LogP contribution in [0.2, 0.25) is 0 Å². The number of fused-ring (bicyclic) bond motifs is 3. The number of carbonyl (C=O) groups excluding carboxylic acids is 1. The first-order chi connectivity index (χ1) is 14.8. The van der Waals surface area contributed by atoms with Gasteiger partial charge in [-0.05, 0) is 56.9 Å². The third-order valence-electron chi connectivity index (χ3n) is 7.24. The van der Waals surface area contributed by atoms with Crippen molar-refractivity contribution in [2.75, 3.05) is 50.7 Å². The largest absolute Gasteiger partial charge is 0.353 e. The second-order valence-electron chi connectivity index (χ2n) is 9.42. The maximum atomic E-state index is 12.5. The number of nitrogens with zero attached hydrogens (tertiary/aromatic N) is 5. The van der Waals surface area contributed by atoms with Gasteiger partial charge in [0.2, 0.25) is 5.91 Å². The summed E-state index contributed by atoms with van der Waals surface area (Å²) in [4.78, 5) is 32.3. The maximum absolute atomic E-state index is 12.5. The number of amides is 1. The van der Waals surface area contributed by atoms with E-state index in [0.29, 0.717) is 18.4 Å². The SMILES string of the molecule is O=C(CN1CCN(c2nc(C3CC3)nc3sc4c(c23)CCCC4)CC1)N1CCCC1. The highest BCUT2D eigenvalue weighted by Crippen LogP contribution is 2.44. The molecule has 0 radical (unpaired) electrons. The Balaban J connectivity index is 1.23. The Hall–Kier alpha value is -1.73. The highest BCUT2D eigenvalue weighted by molar-refractivity contribution is 7.19. The zero-order valence-corrected chi connectivity index (χ0v) is 18.6. The van der Waals surface area contributed by atoms with E-state index in [-0.39, 0.29) is 0 Å². The Morgan fingerprint density at radius 2 is 1.70 bits per heavy atom. The van der Waals surface area contributed by atoms with Crippen LogP contribution in [-0.2, 0) is 17.6 Å². The molecule has 1 saturated carbocycles. The molecule has 0 spiro atoms. The minimum Gasteiger partial charge on any atom is -0.353 e. The Kier molecular flexibility index (Phi) is 4.91. The van der Waals surface area contributed by atoms with Crippen molar-refractivity contribution in [1.82, 2.24) is 19.8 Å². The molecule has 0 aromatic carbocycles. The van der Waals surface area contributed by atoms with Crippen LogP contribution in [0.1, 0.15) is 60.7 Å². The van der Waals surface area contributed by atoms with E-state index in [4.69, 9.17) is 9.97 Å². The van der Waals surface area contributed by atoms with Crippen LogP contribution in [0.25, 0.3) is 10.2 Å². The summed E-state index contributed by atoms with van der Waals surface area (Å²) in [5, 5.41) is 1.35. The summed E-state index contributed by atoms with van der Waals surface area (Å²) in [6.45, 7) is 6.26. The van der Waals surface area contributed by atoms with E-state index in [1.807, 2.05) is 16.2 Å². The van der Waals surface area contributed by atoms with E-state index < -0.39 is 0 Å². The second-order valence-corrected chi connectivity index (χ2v) is 10.5. The van der Waals surface area contributed by atoms with Gasteiger partial charge in [0.05, 0.1) is 11.9 Å². The zero-order valence-electron chi connectivity index (χ0n) is 17.7. The summed E-state index contributed by atoms with van der Waals surface area (Å²) in [5.74, 6) is 3.15. The first-order valence-corrected chi connectivity index (χ1v) is 12.6. The Morgan fingerprint density at radius 1 is 0.933 bits per heavy atom. The van der Waals surface area contributed by atoms with Crippen LogP contribution in [0.5, 0.6) is 0 Å². The molecule has 6 nitrogen and oxygen atoms in total. The Labute approximate surface area is 182 Å². The van der Waals surface area contributed by atoms with Crippen molar-refractivity contribution in [3.05, 3.63) is 16.3 Å². The van der Waals surface area contributed by atoms with Gasteiger partial charge in [0.25, 0.3) is 0 Å². The number of piperazine rings is 1. The monoisotopic (exact) mass is 425 g/mol. The van der Waals surface area contributed by atoms with E-state index in [1.165, 1.54) is 60.1 Å². The molecule has 2 aliphatic heterocycles. The van der Waals surface area contributed by atoms with Gasteiger partial charge in [-0.1, -0.05) is 0 Å². The molecule has 0 N–H and O–H groups in total. The molecule has 30 heavy (non-hydrogen) atoms. The minimum absolute atomic E-state index is 0.313. The van der Waals surface area contributed by atoms with Gasteiger partial charge >= 0.3 is 0 Å². The van der Waals surface area contributed by atoms with Gasteiger partial charge in [-0.2, -0.15) is 0 Å². The molecule has 7 heteroatoms. The molecule has 3 fully saturated rings. The van der Waals surface area contributed by atoms with Crippen molar-refractivity contribution < 1.29 is 4.79 Å². The number of carbonyl (C=O) groups is 1. The molecule has 2 aromatic rings. The van der Waals surface area contributed by atoms with Crippen molar-refractivity contribution in [1.29, 1.82) is 0 Å². The lowest BCUT2D eigenvalue weighted by Crippen LogP contribution is -2.50. The Bertz CT molecular complexity index is 954. The van der Waals surface area contributed by atoms with E-state index in [1.54, 1.807) is 4.88 Å². The quantitative estimate of drug-likeness (QED) is 0.753. The lowest BCUT2D eigenvalue weighted by Gasteiger charge is -2.36. The third kappa shape index (κ3) is 3.50. The van der Waals surface area contributed by atoms with Gasteiger partial charge in [-0.25, -0.2) is 9.97 Å². The number of likely N-dealkylation sites (tertiary alicyclic amines) is 1. The summed E-state index contributed by atoms with van der Waals surface area (Å²) < 4.78 is 0. The van der Waals surface area contributed by atoms with Crippen molar-refractivity contribution in [2.45, 2.75) is 57.3 Å². The molecule has 4 heterocycles. The maximum Gasteiger partial charge on any atom is 0.236 e. The highest BCUT2D eigenvalue weighted by Gasteiger charge is 2.32. The van der Waals surface area contributed by atoms with Crippen molar-refractivity contribution in [3.63, 3.8) is 0 Å². The molecular weight excluding hydrogens is 394 g/mol. The third-order valence-corrected chi connectivity index (χ3v) is 8.43. The van der Waals surface area contributed by atoms with Gasteiger partial charge in [0.15, 0.2) is 0 Å². The topological polar surface area (TPSA) is 52.6 Å². The summed E-state index contributed by atoms with van der Waals surface area (Å²) in [7, 11) is 0. The fraction of sp³-hybridized carbons (Fsp3) is 0.696. The van der Waals surface area contributed by atoms with Crippen LogP contribution in [0.4, 0.5) is 5.82 Å². The van der Waals surface area contributed by atoms with E-state index >= 15 is 0 Å². The molecule has 1 amide bonds. The summed E-state index contributed by atoms with van der Waals surface area (Å²) in [6, 6.07) is 0. The van der Waals surface area contributed by atoms with Crippen LogP contribution >= 0.6 is 11.3 Å². The molecule has 160 valence electrons. The van der Waals surface area contributed by atoms with Crippen LogP contribution in [0, 0.1) is 0 Å². The second kappa shape index (κ2) is 7.75. The summed E-state index contributed by atoms with van der Waals surface area (Å²) >= 11 is 1.92. The van der Waals surface area contributed by atoms with E-state index in [2.05, 4.69) is 9.80 Å². The number of hydrogen-bond donors (Lipinski definition) is 0. The summed E-state index contributed by atoms with van der Waals surface area (Å²) in [6.07, 6.45) is 9.79. The van der Waals surface area contributed by atoms with Gasteiger partial charge in [0, 0.05) is 50.1 Å². The van der Waals surface area contributed by atoms with Gasteiger partial charge in [-0.3, -0.25) is 9.69 Å². The van der Waals surface area contributed by atoms with Crippen LogP contribution < -0.4 is 4.90 Å². The molecule has 6 rings (SSSR count). The number of hydrogen-bond acceptors (Lipinski definition) is 6. The average molecular weight is 426 g/mol. The smallest absolute Gasteiger partial charge is 0.236 e. The van der Waals surface area contributed by atoms with Crippen molar-refractivity contribution in [3.8, 4) is 0 Å². The summed E-state index contributed by atoms with van der Waals surface area (Å²) in [5.41, 5.74) is 1.53. The number of aryl methyl sites for hydroxylation is 2. The fourth-order valence-electron chi connectivity index (χ4n) is 5.28. The predicted octanol–water partition coefficient (Wildman–Crippen LogP) is 3.19. The van der Waals surface area contributed by atoms with Crippen molar-refractivity contribution in [2.24, 2.45) is 0 Å². The average Bonchev–Trinajstić information content (AvgIpc) is 3.33. The lowest BCUT2D eigenvalue weighted by molar-refractivity contribution is -0.131. The predicted molar refractivity (Wildman–Crippen MR) is 120 cm³/mol. The molecule has 0 bridgehead atoms. The van der Waals surface area contributed by atoms with Crippen molar-refractivity contribution >= 4 is 33.3 Å². The van der Waals surface area contributed by atoms with Crippen LogP contribution in [-0.4, -0.2) is 71.5 Å². The number of rotatable bonds is 4. The molecule has 2 aliphatic carbocycles. The first-order valence-electron chi connectivity index (χ1n) is 11.8. The molecule has 2 saturated heterocycles. The molecule has 0 atom stereocenters. The Morgan fingerprint density at radius 3 is 2.47 bits per heavy atom. The minimum atomic E-state index is 0.313. The van der Waals surface area contributed by atoms with Crippen LogP contribution in [0.15, 0.2) is 0 Å². The molecule has 0 unspecified atom stereocenters. The number of anilines is 1. The number of aromatic nitrogens is 2. The zero-order chi connectivity index (χ0) is 20.1. The lowest BCUT2D eigenvalue weighted by atomic mass is 9.97. The van der Waals surface area contributed by atoms with Crippen LogP contribution in [0.3, 0.4) is 0 Å². The molecular formula is C23H31N5OS. The fourth-order valence-corrected chi connectivity index (χ4v) is 6.55. The van der Waals surface area contributed by atoms with E-state index in [9.17, 15) is 4.79 Å². The molecule has 2 aromatic heterocycles. The molecule has 4 aliphatic rings. The van der Waals surface area contributed by atoms with Gasteiger partial charge in [-0.15, -0.1) is 11.3 Å². The van der Waals surface area contributed by atoms with Gasteiger partial charge in [0.1, 0.15) is 16.5 Å². The standard InChI is InChI=1S/C23H31N5OS/c29-19(27-9-3-4-10-27)15-26-11-13-28(14-12-26)22-20-17-5-1-2-6-18(17)30-23(20)25-21(24-22)16-7-8-16/h16H,1-15H2. The normalized spacial score (nSPS) is 22.7. The van der Waals surface area contributed by atoms with Gasteiger partial charge < -0.3 is 9.80 Å². The first kappa shape index (κ1) is 19.0. The van der Waals surface area contributed by atoms with E-state index in [0.717, 1.165) is 57.9 Å². The highest BCUT2D eigenvalue weighted by atomic mass is 32.1. The number of thiophene rings is 1.